The van der Waals surface area contributed by atoms with E-state index in [1.54, 1.807) is 0 Å². The fourth-order valence-electron chi connectivity index (χ4n) is 4.16. The highest BCUT2D eigenvalue weighted by atomic mass is 16.7. The fourth-order valence-corrected chi connectivity index (χ4v) is 4.16. The summed E-state index contributed by atoms with van der Waals surface area (Å²) in [7, 11) is 0. The molecule has 0 bridgehead atoms. The molecule has 1 saturated heterocycles. The Kier molecular flexibility index (Phi) is 5.68. The van der Waals surface area contributed by atoms with E-state index in [1.807, 2.05) is 0 Å². The van der Waals surface area contributed by atoms with Crippen LogP contribution in [-0.4, -0.2) is 18.5 Å². The van der Waals surface area contributed by atoms with Crippen molar-refractivity contribution in [1.82, 2.24) is 0 Å². The van der Waals surface area contributed by atoms with Crippen LogP contribution in [0.4, 0.5) is 0 Å². The lowest BCUT2D eigenvalue weighted by atomic mass is 9.77. The fraction of sp³-hybridized carbons (Fsp3) is 0.889. The number of unbranched alkanes of at least 4 members (excludes halogenated alkanes) is 3. The molecular weight excluding hydrogens is 248 g/mol. The van der Waals surface area contributed by atoms with E-state index in [4.69, 9.17) is 9.47 Å². The highest BCUT2D eigenvalue weighted by Gasteiger charge is 2.60. The van der Waals surface area contributed by atoms with Crippen molar-refractivity contribution >= 4 is 0 Å². The van der Waals surface area contributed by atoms with Gasteiger partial charge in [0.15, 0.2) is 5.79 Å². The van der Waals surface area contributed by atoms with Gasteiger partial charge in [0.25, 0.3) is 0 Å². The van der Waals surface area contributed by atoms with Crippen molar-refractivity contribution in [2.45, 2.75) is 89.9 Å². The van der Waals surface area contributed by atoms with E-state index in [0.29, 0.717) is 6.10 Å². The summed E-state index contributed by atoms with van der Waals surface area (Å²) in [6.07, 6.45) is 14.5. The Bertz CT molecular complexity index is 301. The average molecular weight is 280 g/mol. The quantitative estimate of drug-likeness (QED) is 0.425. The summed E-state index contributed by atoms with van der Waals surface area (Å²) >= 11 is 0. The van der Waals surface area contributed by atoms with Crippen LogP contribution in [0.1, 0.15) is 78.1 Å². The van der Waals surface area contributed by atoms with Crippen molar-refractivity contribution in [2.24, 2.45) is 5.41 Å². The largest absolute Gasteiger partial charge is 0.349 e. The molecule has 0 aromatic carbocycles. The van der Waals surface area contributed by atoms with Gasteiger partial charge in [-0.05, 0) is 39.0 Å². The predicted octanol–water partition coefficient (Wildman–Crippen LogP) is 5.22. The maximum atomic E-state index is 6.49. The lowest BCUT2D eigenvalue weighted by Gasteiger charge is -2.40. The first-order chi connectivity index (χ1) is 9.68. The third kappa shape index (κ3) is 3.12. The van der Waals surface area contributed by atoms with Gasteiger partial charge in [0, 0.05) is 11.8 Å². The van der Waals surface area contributed by atoms with Crippen molar-refractivity contribution in [3.8, 4) is 0 Å². The second kappa shape index (κ2) is 7.09. The molecule has 2 aliphatic rings. The summed E-state index contributed by atoms with van der Waals surface area (Å²) in [6, 6.07) is 0. The highest BCUT2D eigenvalue weighted by Crippen LogP contribution is 2.58. The van der Waals surface area contributed by atoms with Crippen molar-refractivity contribution in [2.75, 3.05) is 6.61 Å². The number of hydrogen-bond acceptors (Lipinski definition) is 2. The maximum Gasteiger partial charge on any atom is 0.174 e. The van der Waals surface area contributed by atoms with E-state index in [0.717, 1.165) is 32.3 Å². The van der Waals surface area contributed by atoms with Gasteiger partial charge >= 0.3 is 0 Å². The van der Waals surface area contributed by atoms with Gasteiger partial charge in [0.05, 0.1) is 12.7 Å². The summed E-state index contributed by atoms with van der Waals surface area (Å²) in [6.45, 7) is 9.29. The van der Waals surface area contributed by atoms with Crippen molar-refractivity contribution in [3.63, 3.8) is 0 Å². The van der Waals surface area contributed by atoms with Crippen LogP contribution < -0.4 is 0 Å². The molecule has 0 N–H and O–H groups in total. The number of rotatable bonds is 9. The first kappa shape index (κ1) is 16.0. The minimum Gasteiger partial charge on any atom is -0.349 e. The molecule has 20 heavy (non-hydrogen) atoms. The molecule has 0 aromatic heterocycles. The second-order valence-corrected chi connectivity index (χ2v) is 6.76. The molecule has 0 amide bonds. The first-order valence-corrected chi connectivity index (χ1v) is 8.61. The minimum atomic E-state index is -0.300. The van der Waals surface area contributed by atoms with Gasteiger partial charge in [0.2, 0.25) is 0 Å². The van der Waals surface area contributed by atoms with Crippen LogP contribution in [0.25, 0.3) is 0 Å². The molecule has 2 heteroatoms. The van der Waals surface area contributed by atoms with Crippen LogP contribution >= 0.6 is 0 Å². The SMILES string of the molecule is C=CCC12CCCC1(OC(C)CCCCCC)OCC2. The normalized spacial score (nSPS) is 34.1. The molecule has 1 aliphatic heterocycles. The van der Waals surface area contributed by atoms with E-state index in [1.165, 1.54) is 38.5 Å². The van der Waals surface area contributed by atoms with E-state index < -0.39 is 0 Å². The second-order valence-electron chi connectivity index (χ2n) is 6.76. The van der Waals surface area contributed by atoms with Gasteiger partial charge in [-0.3, -0.25) is 0 Å². The third-order valence-electron chi connectivity index (χ3n) is 5.28. The Morgan fingerprint density at radius 2 is 2.10 bits per heavy atom. The van der Waals surface area contributed by atoms with E-state index >= 15 is 0 Å². The van der Waals surface area contributed by atoms with Gasteiger partial charge in [-0.25, -0.2) is 0 Å². The average Bonchev–Trinajstić information content (AvgIpc) is 2.89. The van der Waals surface area contributed by atoms with Crippen LogP contribution in [0.2, 0.25) is 0 Å². The lowest BCUT2D eigenvalue weighted by molar-refractivity contribution is -0.266. The molecule has 2 fully saturated rings. The van der Waals surface area contributed by atoms with Gasteiger partial charge in [-0.15, -0.1) is 6.58 Å². The number of ether oxygens (including phenoxy) is 2. The number of allylic oxidation sites excluding steroid dienone is 1. The monoisotopic (exact) mass is 280 g/mol. The summed E-state index contributed by atoms with van der Waals surface area (Å²) in [5, 5.41) is 0. The Balaban J connectivity index is 1.90. The maximum absolute atomic E-state index is 6.49. The molecule has 0 radical (unpaired) electrons. The summed E-state index contributed by atoms with van der Waals surface area (Å²) < 4.78 is 12.6. The Morgan fingerprint density at radius 1 is 1.25 bits per heavy atom. The lowest BCUT2D eigenvalue weighted by Crippen LogP contribution is -2.45. The van der Waals surface area contributed by atoms with Crippen LogP contribution in [-0.2, 0) is 9.47 Å². The Morgan fingerprint density at radius 3 is 2.85 bits per heavy atom. The summed E-state index contributed by atoms with van der Waals surface area (Å²) in [5.41, 5.74) is 0.215. The molecule has 0 aromatic rings. The van der Waals surface area contributed by atoms with Gasteiger partial charge < -0.3 is 9.47 Å². The van der Waals surface area contributed by atoms with Crippen LogP contribution in [0, 0.1) is 5.41 Å². The topological polar surface area (TPSA) is 18.5 Å². The number of hydrogen-bond donors (Lipinski definition) is 0. The molecule has 3 unspecified atom stereocenters. The smallest absolute Gasteiger partial charge is 0.174 e. The molecule has 3 atom stereocenters. The van der Waals surface area contributed by atoms with Crippen LogP contribution in [0.15, 0.2) is 12.7 Å². The molecule has 2 nitrogen and oxygen atoms in total. The molecule has 116 valence electrons. The summed E-state index contributed by atoms with van der Waals surface area (Å²) in [4.78, 5) is 0. The third-order valence-corrected chi connectivity index (χ3v) is 5.28. The molecule has 1 aliphatic carbocycles. The van der Waals surface area contributed by atoms with Crippen LogP contribution in [0.3, 0.4) is 0 Å². The zero-order chi connectivity index (χ0) is 14.5. The Hall–Kier alpha value is -0.340. The minimum absolute atomic E-state index is 0.215. The molecule has 1 saturated carbocycles. The van der Waals surface area contributed by atoms with Crippen LogP contribution in [0.5, 0.6) is 0 Å². The molecule has 1 heterocycles. The van der Waals surface area contributed by atoms with Crippen molar-refractivity contribution in [3.05, 3.63) is 12.7 Å². The van der Waals surface area contributed by atoms with Crippen molar-refractivity contribution in [1.29, 1.82) is 0 Å². The predicted molar refractivity (Wildman–Crippen MR) is 83.7 cm³/mol. The molecular formula is C18H32O2. The van der Waals surface area contributed by atoms with E-state index in [9.17, 15) is 0 Å². The summed E-state index contributed by atoms with van der Waals surface area (Å²) in [5.74, 6) is -0.300. The molecule has 2 rings (SSSR count). The van der Waals surface area contributed by atoms with E-state index in [-0.39, 0.29) is 11.2 Å². The zero-order valence-electron chi connectivity index (χ0n) is 13.5. The van der Waals surface area contributed by atoms with Gasteiger partial charge in [-0.1, -0.05) is 38.7 Å². The first-order valence-electron chi connectivity index (χ1n) is 8.61. The Labute approximate surface area is 124 Å². The molecule has 0 spiro atoms. The number of fused-ring (bicyclic) bond motifs is 1. The van der Waals surface area contributed by atoms with Gasteiger partial charge in [-0.2, -0.15) is 0 Å². The van der Waals surface area contributed by atoms with Crippen molar-refractivity contribution < 1.29 is 9.47 Å². The van der Waals surface area contributed by atoms with E-state index in [2.05, 4.69) is 26.5 Å². The van der Waals surface area contributed by atoms with Gasteiger partial charge in [0.1, 0.15) is 0 Å². The standard InChI is InChI=1S/C18H32O2/c1-4-6-7-8-10-16(3)20-18-13-9-12-17(18,11-5-2)14-15-19-18/h5,16H,2,4,6-15H2,1,3H3. The highest BCUT2D eigenvalue weighted by molar-refractivity contribution is 5.06. The zero-order valence-corrected chi connectivity index (χ0v) is 13.5.